The average Bonchev–Trinajstić information content (AvgIpc) is 2.41. The molecule has 0 radical (unpaired) electrons. The molecule has 0 fully saturated rings. The van der Waals surface area contributed by atoms with Gasteiger partial charge in [-0.3, -0.25) is 9.11 Å². The summed E-state index contributed by atoms with van der Waals surface area (Å²) in [5, 5.41) is -0.274. The normalized spacial score (nSPS) is 12.4. The van der Waals surface area contributed by atoms with Gasteiger partial charge < -0.3 is 0 Å². The highest BCUT2D eigenvalue weighted by atomic mass is 35.5. The molecule has 0 aromatic heterocycles. The molecule has 2 rings (SSSR count). The van der Waals surface area contributed by atoms with Gasteiger partial charge in [-0.05, 0) is 60.4 Å². The molecule has 0 saturated heterocycles. The SMILES string of the molecule is Cc1cc(-c2cc(C)c(Cl)c(S(=O)(=O)O)c2)cc(S(=O)(=O)O)c1Cl. The fourth-order valence-corrected chi connectivity index (χ4v) is 4.31. The Labute approximate surface area is 149 Å². The van der Waals surface area contributed by atoms with Crippen molar-refractivity contribution in [2.24, 2.45) is 0 Å². The minimum Gasteiger partial charge on any atom is -0.282 e. The summed E-state index contributed by atoms with van der Waals surface area (Å²) in [7, 11) is -9.14. The third-order valence-electron chi connectivity index (χ3n) is 3.33. The summed E-state index contributed by atoms with van der Waals surface area (Å²) in [6, 6.07) is 5.27. The summed E-state index contributed by atoms with van der Waals surface area (Å²) in [5.74, 6) is 0. The Kier molecular flexibility index (Phi) is 5.02. The zero-order valence-corrected chi connectivity index (χ0v) is 15.6. The van der Waals surface area contributed by atoms with E-state index in [1.54, 1.807) is 0 Å². The Morgan fingerprint density at radius 1 is 0.708 bits per heavy atom. The molecule has 2 N–H and O–H groups in total. The van der Waals surface area contributed by atoms with Gasteiger partial charge in [-0.25, -0.2) is 0 Å². The van der Waals surface area contributed by atoms with Crippen LogP contribution in [-0.4, -0.2) is 25.9 Å². The summed E-state index contributed by atoms with van der Waals surface area (Å²) < 4.78 is 64.4. The summed E-state index contributed by atoms with van der Waals surface area (Å²) in [6.07, 6.45) is 0. The zero-order valence-electron chi connectivity index (χ0n) is 12.4. The molecule has 24 heavy (non-hydrogen) atoms. The second-order valence-corrected chi connectivity index (χ2v) is 8.70. The Balaban J connectivity index is 2.84. The molecular weight excluding hydrogens is 399 g/mol. The molecule has 0 aliphatic carbocycles. The van der Waals surface area contributed by atoms with Gasteiger partial charge in [0.25, 0.3) is 20.2 Å². The van der Waals surface area contributed by atoms with Crippen molar-refractivity contribution in [1.29, 1.82) is 0 Å². The van der Waals surface area contributed by atoms with Crippen LogP contribution in [-0.2, 0) is 20.2 Å². The van der Waals surface area contributed by atoms with Crippen molar-refractivity contribution < 1.29 is 25.9 Å². The van der Waals surface area contributed by atoms with E-state index in [0.717, 1.165) is 12.1 Å². The van der Waals surface area contributed by atoms with E-state index in [9.17, 15) is 25.9 Å². The summed E-state index contributed by atoms with van der Waals surface area (Å²) >= 11 is 11.8. The van der Waals surface area contributed by atoms with Crippen LogP contribution in [0.1, 0.15) is 11.1 Å². The van der Waals surface area contributed by atoms with Crippen molar-refractivity contribution in [2.75, 3.05) is 0 Å². The third kappa shape index (κ3) is 3.74. The number of hydrogen-bond acceptors (Lipinski definition) is 4. The molecular formula is C14H12Cl2O6S2. The molecule has 0 bridgehead atoms. The fourth-order valence-electron chi connectivity index (χ4n) is 2.18. The lowest BCUT2D eigenvalue weighted by Crippen LogP contribution is -2.03. The Morgan fingerprint density at radius 2 is 1.00 bits per heavy atom. The molecule has 0 aliphatic rings. The topological polar surface area (TPSA) is 109 Å². The zero-order chi connectivity index (χ0) is 18.4. The van der Waals surface area contributed by atoms with Gasteiger partial charge in [0.1, 0.15) is 9.79 Å². The number of hydrogen-bond donors (Lipinski definition) is 2. The number of benzene rings is 2. The van der Waals surface area contributed by atoms with Crippen LogP contribution in [0.25, 0.3) is 11.1 Å². The Bertz CT molecular complexity index is 958. The molecule has 2 aromatic carbocycles. The molecule has 0 amide bonds. The molecule has 0 spiro atoms. The van der Waals surface area contributed by atoms with Crippen LogP contribution in [0.15, 0.2) is 34.1 Å². The van der Waals surface area contributed by atoms with Crippen molar-refractivity contribution in [3.05, 3.63) is 45.4 Å². The molecule has 130 valence electrons. The first-order valence-electron chi connectivity index (χ1n) is 6.38. The molecule has 0 unspecified atom stereocenters. The maximum atomic E-state index is 11.5. The van der Waals surface area contributed by atoms with Crippen molar-refractivity contribution in [1.82, 2.24) is 0 Å². The second kappa shape index (κ2) is 6.29. The number of rotatable bonds is 3. The van der Waals surface area contributed by atoms with Gasteiger partial charge in [-0.1, -0.05) is 23.2 Å². The maximum absolute atomic E-state index is 11.5. The quantitative estimate of drug-likeness (QED) is 0.745. The van der Waals surface area contributed by atoms with E-state index in [0.29, 0.717) is 11.1 Å². The van der Waals surface area contributed by atoms with Crippen LogP contribution in [0, 0.1) is 13.8 Å². The van der Waals surface area contributed by atoms with E-state index >= 15 is 0 Å². The second-order valence-electron chi connectivity index (χ2n) is 5.16. The summed E-state index contributed by atoms with van der Waals surface area (Å²) in [6.45, 7) is 3.07. The molecule has 10 heteroatoms. The smallest absolute Gasteiger partial charge is 0.282 e. The van der Waals surface area contributed by atoms with Gasteiger partial charge in [0, 0.05) is 0 Å². The minimum absolute atomic E-state index is 0.137. The van der Waals surface area contributed by atoms with Gasteiger partial charge in [-0.15, -0.1) is 0 Å². The largest absolute Gasteiger partial charge is 0.296 e. The molecule has 2 aromatic rings. The average molecular weight is 411 g/mol. The van der Waals surface area contributed by atoms with Crippen LogP contribution >= 0.6 is 23.2 Å². The van der Waals surface area contributed by atoms with Crippen LogP contribution < -0.4 is 0 Å². The van der Waals surface area contributed by atoms with E-state index in [1.165, 1.54) is 26.0 Å². The van der Waals surface area contributed by atoms with Gasteiger partial charge in [0.05, 0.1) is 10.0 Å². The molecule has 0 aliphatic heterocycles. The lowest BCUT2D eigenvalue weighted by molar-refractivity contribution is 0.481. The monoisotopic (exact) mass is 410 g/mol. The minimum atomic E-state index is -4.57. The lowest BCUT2D eigenvalue weighted by Gasteiger charge is -2.12. The van der Waals surface area contributed by atoms with E-state index in [4.69, 9.17) is 23.2 Å². The highest BCUT2D eigenvalue weighted by Gasteiger charge is 2.21. The first-order valence-corrected chi connectivity index (χ1v) is 10.0. The van der Waals surface area contributed by atoms with Crippen molar-refractivity contribution >= 4 is 43.4 Å². The predicted octanol–water partition coefficient (Wildman–Crippen LogP) is 3.77. The highest BCUT2D eigenvalue weighted by Crippen LogP contribution is 2.35. The van der Waals surface area contributed by atoms with E-state index in [-0.39, 0.29) is 21.2 Å². The first kappa shape index (κ1) is 19.2. The third-order valence-corrected chi connectivity index (χ3v) is 6.31. The maximum Gasteiger partial charge on any atom is 0.296 e. The fraction of sp³-hybridized carbons (Fsp3) is 0.143. The lowest BCUT2D eigenvalue weighted by atomic mass is 10.0. The number of halogens is 2. The van der Waals surface area contributed by atoms with Crippen molar-refractivity contribution in [3.63, 3.8) is 0 Å². The highest BCUT2D eigenvalue weighted by molar-refractivity contribution is 7.86. The van der Waals surface area contributed by atoms with Crippen LogP contribution in [0.2, 0.25) is 10.0 Å². The standard InChI is InChI=1S/C14H12Cl2O6S2/c1-7-3-9(5-11(13(7)15)23(17,18)19)10-4-8(2)14(16)12(6-10)24(20,21)22/h3-6H,1-2H3,(H,17,18,19)(H,20,21,22). The summed E-state index contributed by atoms with van der Waals surface area (Å²) in [5.41, 5.74) is 1.30. The van der Waals surface area contributed by atoms with Crippen LogP contribution in [0.4, 0.5) is 0 Å². The van der Waals surface area contributed by atoms with Crippen molar-refractivity contribution in [3.8, 4) is 11.1 Å². The Morgan fingerprint density at radius 3 is 1.25 bits per heavy atom. The first-order chi connectivity index (χ1) is 10.8. The van der Waals surface area contributed by atoms with Gasteiger partial charge in [-0.2, -0.15) is 16.8 Å². The van der Waals surface area contributed by atoms with Gasteiger partial charge >= 0.3 is 0 Å². The molecule has 0 atom stereocenters. The molecule has 0 saturated carbocycles. The van der Waals surface area contributed by atoms with Gasteiger partial charge in [0.15, 0.2) is 0 Å². The Hall–Kier alpha value is -1.16. The number of aryl methyl sites for hydroxylation is 2. The van der Waals surface area contributed by atoms with Gasteiger partial charge in [0.2, 0.25) is 0 Å². The van der Waals surface area contributed by atoms with E-state index < -0.39 is 30.0 Å². The van der Waals surface area contributed by atoms with Crippen molar-refractivity contribution in [2.45, 2.75) is 23.6 Å². The molecule has 0 heterocycles. The molecule has 6 nitrogen and oxygen atoms in total. The van der Waals surface area contributed by atoms with E-state index in [1.807, 2.05) is 0 Å². The van der Waals surface area contributed by atoms with Crippen LogP contribution in [0.3, 0.4) is 0 Å². The summed E-state index contributed by atoms with van der Waals surface area (Å²) in [4.78, 5) is -1.000. The van der Waals surface area contributed by atoms with Crippen LogP contribution in [0.5, 0.6) is 0 Å². The van der Waals surface area contributed by atoms with E-state index in [2.05, 4.69) is 0 Å². The predicted molar refractivity (Wildman–Crippen MR) is 91.0 cm³/mol.